The minimum atomic E-state index is -0.581. The van der Waals surface area contributed by atoms with Crippen molar-refractivity contribution in [2.75, 3.05) is 32.2 Å². The van der Waals surface area contributed by atoms with Gasteiger partial charge in [0.2, 0.25) is 5.95 Å². The Hall–Kier alpha value is -3.45. The van der Waals surface area contributed by atoms with E-state index in [0.717, 1.165) is 28.0 Å². The Morgan fingerprint density at radius 2 is 1.83 bits per heavy atom. The zero-order chi connectivity index (χ0) is 25.2. The van der Waals surface area contributed by atoms with Gasteiger partial charge in [-0.3, -0.25) is 4.79 Å². The van der Waals surface area contributed by atoms with Gasteiger partial charge in [0.15, 0.2) is 0 Å². The van der Waals surface area contributed by atoms with E-state index in [1.54, 1.807) is 12.1 Å². The molecule has 0 radical (unpaired) electrons. The highest BCUT2D eigenvalue weighted by molar-refractivity contribution is 5.72. The monoisotopic (exact) mass is 480 g/mol. The standard InChI is InChI=1S/C28H33FN2O4/c1-5-34-13-14-35-24-15-19(2)27(20(3)16-24)23-8-6-7-21(17-23)18-30-25-11-9-22(28(29)31-25)10-12-26(32)33-4/h6-9,11,15-17H,5,10,12-14,18H2,1-4H3,(H,30,31). The number of hydrogen-bond donors (Lipinski definition) is 1. The molecule has 0 aliphatic heterocycles. The third kappa shape index (κ3) is 7.52. The summed E-state index contributed by atoms with van der Waals surface area (Å²) >= 11 is 0. The van der Waals surface area contributed by atoms with Gasteiger partial charge < -0.3 is 19.5 Å². The van der Waals surface area contributed by atoms with Crippen LogP contribution in [0, 0.1) is 19.8 Å². The highest BCUT2D eigenvalue weighted by Crippen LogP contribution is 2.31. The molecular weight excluding hydrogens is 447 g/mol. The third-order valence-electron chi connectivity index (χ3n) is 5.65. The molecule has 0 fully saturated rings. The van der Waals surface area contributed by atoms with Crippen LogP contribution in [0.4, 0.5) is 10.2 Å². The summed E-state index contributed by atoms with van der Waals surface area (Å²) in [5, 5.41) is 3.18. The van der Waals surface area contributed by atoms with E-state index >= 15 is 0 Å². The van der Waals surface area contributed by atoms with Gasteiger partial charge in [-0.25, -0.2) is 4.98 Å². The average Bonchev–Trinajstić information content (AvgIpc) is 2.84. The van der Waals surface area contributed by atoms with E-state index in [9.17, 15) is 9.18 Å². The van der Waals surface area contributed by atoms with E-state index in [1.807, 2.05) is 31.2 Å². The SMILES string of the molecule is CCOCCOc1cc(C)c(-c2cccc(CNc3ccc(CCC(=O)OC)c(F)n3)c2)c(C)c1. The fourth-order valence-electron chi connectivity index (χ4n) is 3.94. The summed E-state index contributed by atoms with van der Waals surface area (Å²) in [6.07, 6.45) is 0.372. The second-order valence-corrected chi connectivity index (χ2v) is 8.25. The number of hydrogen-bond acceptors (Lipinski definition) is 6. The topological polar surface area (TPSA) is 69.7 Å². The molecule has 0 bridgehead atoms. The van der Waals surface area contributed by atoms with Crippen molar-refractivity contribution in [3.05, 3.63) is 76.7 Å². The predicted molar refractivity (Wildman–Crippen MR) is 135 cm³/mol. The van der Waals surface area contributed by atoms with Crippen molar-refractivity contribution in [1.82, 2.24) is 4.98 Å². The van der Waals surface area contributed by atoms with Crippen molar-refractivity contribution in [3.63, 3.8) is 0 Å². The van der Waals surface area contributed by atoms with Gasteiger partial charge in [-0.15, -0.1) is 0 Å². The van der Waals surface area contributed by atoms with Crippen molar-refractivity contribution in [1.29, 1.82) is 0 Å². The van der Waals surface area contributed by atoms with Crippen molar-refractivity contribution < 1.29 is 23.4 Å². The number of methoxy groups -OCH3 is 1. The maximum Gasteiger partial charge on any atom is 0.305 e. The summed E-state index contributed by atoms with van der Waals surface area (Å²) in [5.74, 6) is 0.322. The number of halogens is 1. The summed E-state index contributed by atoms with van der Waals surface area (Å²) in [7, 11) is 1.32. The molecule has 35 heavy (non-hydrogen) atoms. The van der Waals surface area contributed by atoms with Crippen LogP contribution in [0.2, 0.25) is 0 Å². The van der Waals surface area contributed by atoms with Crippen molar-refractivity contribution in [2.45, 2.75) is 40.2 Å². The van der Waals surface area contributed by atoms with Crippen LogP contribution in [0.15, 0.2) is 48.5 Å². The zero-order valence-corrected chi connectivity index (χ0v) is 20.8. The van der Waals surface area contributed by atoms with E-state index in [0.29, 0.717) is 37.7 Å². The van der Waals surface area contributed by atoms with Gasteiger partial charge in [-0.1, -0.05) is 24.3 Å². The molecule has 0 aliphatic rings. The van der Waals surface area contributed by atoms with Crippen molar-refractivity contribution in [2.24, 2.45) is 0 Å². The summed E-state index contributed by atoms with van der Waals surface area (Å²) in [6, 6.07) is 15.7. The Bertz CT molecular complexity index is 1130. The molecule has 0 spiro atoms. The molecule has 3 aromatic rings. The average molecular weight is 481 g/mol. The summed E-state index contributed by atoms with van der Waals surface area (Å²) < 4.78 is 30.1. The van der Waals surface area contributed by atoms with Crippen LogP contribution in [0.3, 0.4) is 0 Å². The fourth-order valence-corrected chi connectivity index (χ4v) is 3.94. The molecule has 0 aliphatic carbocycles. The first-order chi connectivity index (χ1) is 16.9. The number of nitrogens with one attached hydrogen (secondary N) is 1. The third-order valence-corrected chi connectivity index (χ3v) is 5.65. The molecule has 1 aromatic heterocycles. The number of anilines is 1. The number of nitrogens with zero attached hydrogens (tertiary/aromatic N) is 1. The molecule has 7 heteroatoms. The minimum Gasteiger partial charge on any atom is -0.491 e. The number of aryl methyl sites for hydroxylation is 3. The van der Waals surface area contributed by atoms with Crippen LogP contribution in [0.5, 0.6) is 5.75 Å². The smallest absolute Gasteiger partial charge is 0.305 e. The number of carbonyl (C=O) groups excluding carboxylic acids is 1. The van der Waals surface area contributed by atoms with Crippen LogP contribution in [-0.4, -0.2) is 37.9 Å². The summed E-state index contributed by atoms with van der Waals surface area (Å²) in [5.41, 5.74) is 5.98. The Labute approximate surface area is 206 Å². The molecular formula is C28H33FN2O4. The Morgan fingerprint density at radius 1 is 1.06 bits per heavy atom. The highest BCUT2D eigenvalue weighted by Gasteiger charge is 2.11. The van der Waals surface area contributed by atoms with Crippen molar-refractivity contribution in [3.8, 4) is 16.9 Å². The molecule has 3 rings (SSSR count). The Balaban J connectivity index is 1.66. The maximum atomic E-state index is 14.3. The number of carbonyl (C=O) groups is 1. The molecule has 1 heterocycles. The molecule has 0 saturated heterocycles. The highest BCUT2D eigenvalue weighted by atomic mass is 19.1. The predicted octanol–water partition coefficient (Wildman–Crippen LogP) is 5.64. The van der Waals surface area contributed by atoms with Gasteiger partial charge in [0.05, 0.1) is 13.7 Å². The lowest BCUT2D eigenvalue weighted by Gasteiger charge is -2.15. The molecule has 0 unspecified atom stereocenters. The second kappa shape index (κ2) is 12.9. The Kier molecular flexibility index (Phi) is 9.61. The van der Waals surface area contributed by atoms with Gasteiger partial charge in [0.1, 0.15) is 18.2 Å². The van der Waals surface area contributed by atoms with Gasteiger partial charge >= 0.3 is 5.97 Å². The number of pyridine rings is 1. The van der Waals surface area contributed by atoms with Crippen molar-refractivity contribution >= 4 is 11.8 Å². The first kappa shape index (κ1) is 26.2. The van der Waals surface area contributed by atoms with Crippen LogP contribution < -0.4 is 10.1 Å². The number of benzene rings is 2. The normalized spacial score (nSPS) is 10.8. The first-order valence-corrected chi connectivity index (χ1v) is 11.8. The number of ether oxygens (including phenoxy) is 3. The van der Waals surface area contributed by atoms with E-state index in [-0.39, 0.29) is 18.8 Å². The van der Waals surface area contributed by atoms with E-state index < -0.39 is 5.95 Å². The van der Waals surface area contributed by atoms with Crippen LogP contribution >= 0.6 is 0 Å². The lowest BCUT2D eigenvalue weighted by molar-refractivity contribution is -0.140. The zero-order valence-electron chi connectivity index (χ0n) is 20.8. The van der Waals surface area contributed by atoms with Crippen LogP contribution in [0.1, 0.15) is 35.6 Å². The molecule has 1 N–H and O–H groups in total. The maximum absolute atomic E-state index is 14.3. The fraction of sp³-hybridized carbons (Fsp3) is 0.357. The number of rotatable bonds is 12. The lowest BCUT2D eigenvalue weighted by atomic mass is 9.94. The van der Waals surface area contributed by atoms with Gasteiger partial charge in [0.25, 0.3) is 0 Å². The summed E-state index contributed by atoms with van der Waals surface area (Å²) in [4.78, 5) is 15.3. The molecule has 186 valence electrons. The van der Waals surface area contributed by atoms with Gasteiger partial charge in [-0.05, 0) is 79.3 Å². The van der Waals surface area contributed by atoms with Crippen LogP contribution in [-0.2, 0) is 27.2 Å². The molecule has 2 aromatic carbocycles. The van der Waals surface area contributed by atoms with Gasteiger partial charge in [0, 0.05) is 25.1 Å². The second-order valence-electron chi connectivity index (χ2n) is 8.25. The minimum absolute atomic E-state index is 0.119. The van der Waals surface area contributed by atoms with Crippen LogP contribution in [0.25, 0.3) is 11.1 Å². The largest absolute Gasteiger partial charge is 0.491 e. The molecule has 6 nitrogen and oxygen atoms in total. The quantitative estimate of drug-likeness (QED) is 0.206. The van der Waals surface area contributed by atoms with E-state index in [2.05, 4.69) is 41.0 Å². The van der Waals surface area contributed by atoms with Gasteiger partial charge in [-0.2, -0.15) is 4.39 Å². The van der Waals surface area contributed by atoms with E-state index in [4.69, 9.17) is 9.47 Å². The summed E-state index contributed by atoms with van der Waals surface area (Å²) in [6.45, 7) is 8.40. The molecule has 0 amide bonds. The van der Waals surface area contributed by atoms with E-state index in [1.165, 1.54) is 12.7 Å². The number of aromatic nitrogens is 1. The molecule has 0 saturated carbocycles. The lowest BCUT2D eigenvalue weighted by Crippen LogP contribution is -2.07. The number of esters is 1. The first-order valence-electron chi connectivity index (χ1n) is 11.8. The Morgan fingerprint density at radius 3 is 2.51 bits per heavy atom. The molecule has 0 atom stereocenters.